The Morgan fingerprint density at radius 1 is 1.39 bits per heavy atom. The van der Waals surface area contributed by atoms with Gasteiger partial charge in [-0.25, -0.2) is 0 Å². The Bertz CT molecular complexity index is 543. The van der Waals surface area contributed by atoms with Gasteiger partial charge in [-0.1, -0.05) is 17.7 Å². The summed E-state index contributed by atoms with van der Waals surface area (Å²) < 4.78 is 5.07. The lowest BCUT2D eigenvalue weighted by molar-refractivity contribution is 0.415. The molecule has 18 heavy (non-hydrogen) atoms. The van der Waals surface area contributed by atoms with Gasteiger partial charge in [0.1, 0.15) is 5.75 Å². The van der Waals surface area contributed by atoms with E-state index >= 15 is 0 Å². The SMILES string of the molecule is COc1ccc(N/N=C/c2cccnc2)cc1Cl. The summed E-state index contributed by atoms with van der Waals surface area (Å²) >= 11 is 6.00. The van der Waals surface area contributed by atoms with Crippen LogP contribution in [0.25, 0.3) is 0 Å². The minimum Gasteiger partial charge on any atom is -0.495 e. The van der Waals surface area contributed by atoms with Crippen molar-refractivity contribution in [3.63, 3.8) is 0 Å². The number of nitrogens with one attached hydrogen (secondary N) is 1. The zero-order chi connectivity index (χ0) is 12.8. The maximum Gasteiger partial charge on any atom is 0.137 e. The van der Waals surface area contributed by atoms with E-state index < -0.39 is 0 Å². The van der Waals surface area contributed by atoms with Crippen molar-refractivity contribution in [2.24, 2.45) is 5.10 Å². The fraction of sp³-hybridized carbons (Fsp3) is 0.0769. The highest BCUT2D eigenvalue weighted by atomic mass is 35.5. The van der Waals surface area contributed by atoms with E-state index in [9.17, 15) is 0 Å². The lowest BCUT2D eigenvalue weighted by Gasteiger charge is -2.05. The Labute approximate surface area is 110 Å². The molecule has 0 amide bonds. The molecule has 0 aliphatic rings. The molecule has 0 aliphatic carbocycles. The minimum absolute atomic E-state index is 0.541. The smallest absolute Gasteiger partial charge is 0.137 e. The van der Waals surface area contributed by atoms with Gasteiger partial charge in [0.15, 0.2) is 0 Å². The van der Waals surface area contributed by atoms with E-state index in [1.165, 1.54) is 0 Å². The maximum atomic E-state index is 6.00. The normalized spacial score (nSPS) is 10.6. The van der Waals surface area contributed by atoms with E-state index in [4.69, 9.17) is 16.3 Å². The molecule has 2 rings (SSSR count). The summed E-state index contributed by atoms with van der Waals surface area (Å²) in [6.45, 7) is 0. The summed E-state index contributed by atoms with van der Waals surface area (Å²) in [6.07, 6.45) is 5.13. The second kappa shape index (κ2) is 6.02. The molecule has 0 bridgehead atoms. The molecule has 1 N–H and O–H groups in total. The van der Waals surface area contributed by atoms with Gasteiger partial charge in [-0.3, -0.25) is 10.4 Å². The molecule has 2 aromatic rings. The van der Waals surface area contributed by atoms with E-state index in [0.717, 1.165) is 11.3 Å². The number of nitrogens with zero attached hydrogens (tertiary/aromatic N) is 2. The third-order valence-electron chi connectivity index (χ3n) is 2.24. The molecule has 5 heteroatoms. The van der Waals surface area contributed by atoms with Gasteiger partial charge in [0, 0.05) is 18.0 Å². The van der Waals surface area contributed by atoms with Gasteiger partial charge in [-0.05, 0) is 24.3 Å². The molecule has 0 aliphatic heterocycles. The average Bonchev–Trinajstić information content (AvgIpc) is 2.40. The fourth-order valence-corrected chi connectivity index (χ4v) is 1.63. The fourth-order valence-electron chi connectivity index (χ4n) is 1.37. The highest BCUT2D eigenvalue weighted by Gasteiger charge is 2.00. The standard InChI is InChI=1S/C13H12ClN3O/c1-18-13-5-4-11(7-12(13)14)17-16-9-10-3-2-6-15-8-10/h2-9,17H,1H3/b16-9+. The number of hydrogen-bond acceptors (Lipinski definition) is 4. The first-order valence-corrected chi connectivity index (χ1v) is 5.70. The monoisotopic (exact) mass is 261 g/mol. The first-order chi connectivity index (χ1) is 8.79. The van der Waals surface area contributed by atoms with Gasteiger partial charge in [0.25, 0.3) is 0 Å². The van der Waals surface area contributed by atoms with Crippen LogP contribution >= 0.6 is 11.6 Å². The van der Waals surface area contributed by atoms with Crippen LogP contribution in [0.2, 0.25) is 5.02 Å². The molecule has 0 saturated heterocycles. The van der Waals surface area contributed by atoms with E-state index in [0.29, 0.717) is 10.8 Å². The second-order valence-corrected chi connectivity index (χ2v) is 3.91. The number of hydrogen-bond donors (Lipinski definition) is 1. The Hall–Kier alpha value is -2.07. The van der Waals surface area contributed by atoms with Gasteiger partial charge < -0.3 is 4.74 Å². The number of hydrazone groups is 1. The van der Waals surface area contributed by atoms with Crippen molar-refractivity contribution >= 4 is 23.5 Å². The molecular formula is C13H12ClN3O. The Morgan fingerprint density at radius 3 is 2.94 bits per heavy atom. The number of ether oxygens (including phenoxy) is 1. The Balaban J connectivity index is 2.02. The third kappa shape index (κ3) is 3.21. The molecule has 0 spiro atoms. The number of rotatable bonds is 4. The summed E-state index contributed by atoms with van der Waals surface area (Å²) in [7, 11) is 1.58. The lowest BCUT2D eigenvalue weighted by Crippen LogP contribution is -1.92. The Kier molecular flexibility index (Phi) is 4.15. The molecule has 4 nitrogen and oxygen atoms in total. The number of aromatic nitrogens is 1. The van der Waals surface area contributed by atoms with Gasteiger partial charge in [0.05, 0.1) is 24.0 Å². The van der Waals surface area contributed by atoms with Crippen molar-refractivity contribution in [2.75, 3.05) is 12.5 Å². The molecule has 0 saturated carbocycles. The largest absolute Gasteiger partial charge is 0.495 e. The third-order valence-corrected chi connectivity index (χ3v) is 2.54. The summed E-state index contributed by atoms with van der Waals surface area (Å²) in [5, 5.41) is 4.63. The van der Waals surface area contributed by atoms with Crippen molar-refractivity contribution in [2.45, 2.75) is 0 Å². The zero-order valence-electron chi connectivity index (χ0n) is 9.80. The highest BCUT2D eigenvalue weighted by Crippen LogP contribution is 2.27. The van der Waals surface area contributed by atoms with E-state index in [1.54, 1.807) is 37.9 Å². The van der Waals surface area contributed by atoms with E-state index in [2.05, 4.69) is 15.5 Å². The molecule has 0 fully saturated rings. The highest BCUT2D eigenvalue weighted by molar-refractivity contribution is 6.32. The van der Waals surface area contributed by atoms with Crippen molar-refractivity contribution < 1.29 is 4.74 Å². The molecule has 1 aromatic heterocycles. The van der Waals surface area contributed by atoms with Crippen molar-refractivity contribution in [3.05, 3.63) is 53.3 Å². The van der Waals surface area contributed by atoms with Crippen LogP contribution in [0.3, 0.4) is 0 Å². The van der Waals surface area contributed by atoms with Crippen molar-refractivity contribution in [1.82, 2.24) is 4.98 Å². The van der Waals surface area contributed by atoms with Crippen LogP contribution < -0.4 is 10.2 Å². The van der Waals surface area contributed by atoms with Crippen molar-refractivity contribution in [1.29, 1.82) is 0 Å². The van der Waals surface area contributed by atoms with Crippen LogP contribution in [0.15, 0.2) is 47.8 Å². The number of pyridine rings is 1. The molecule has 0 unspecified atom stereocenters. The zero-order valence-corrected chi connectivity index (χ0v) is 10.6. The summed E-state index contributed by atoms with van der Waals surface area (Å²) in [4.78, 5) is 3.99. The average molecular weight is 262 g/mol. The minimum atomic E-state index is 0.541. The maximum absolute atomic E-state index is 6.00. The molecule has 1 heterocycles. The van der Waals surface area contributed by atoms with Gasteiger partial charge in [-0.15, -0.1) is 0 Å². The van der Waals surface area contributed by atoms with Crippen LogP contribution in [-0.4, -0.2) is 18.3 Å². The van der Waals surface area contributed by atoms with Crippen LogP contribution in [0.1, 0.15) is 5.56 Å². The predicted octanol–water partition coefficient (Wildman–Crippen LogP) is 3.19. The van der Waals surface area contributed by atoms with Gasteiger partial charge in [0.2, 0.25) is 0 Å². The van der Waals surface area contributed by atoms with E-state index in [1.807, 2.05) is 18.2 Å². The van der Waals surface area contributed by atoms with Crippen LogP contribution in [-0.2, 0) is 0 Å². The second-order valence-electron chi connectivity index (χ2n) is 3.51. The van der Waals surface area contributed by atoms with Crippen LogP contribution in [0.5, 0.6) is 5.75 Å². The van der Waals surface area contributed by atoms with Gasteiger partial charge >= 0.3 is 0 Å². The van der Waals surface area contributed by atoms with Crippen LogP contribution in [0, 0.1) is 0 Å². The predicted molar refractivity (Wildman–Crippen MR) is 73.5 cm³/mol. The number of methoxy groups -OCH3 is 1. The molecule has 0 atom stereocenters. The first kappa shape index (κ1) is 12.4. The van der Waals surface area contributed by atoms with E-state index in [-0.39, 0.29) is 0 Å². The summed E-state index contributed by atoms with van der Waals surface area (Å²) in [6, 6.07) is 9.14. The number of halogens is 1. The molecule has 1 aromatic carbocycles. The quantitative estimate of drug-likeness (QED) is 0.679. The summed E-state index contributed by atoms with van der Waals surface area (Å²) in [5.41, 5.74) is 4.60. The topological polar surface area (TPSA) is 46.5 Å². The Morgan fingerprint density at radius 2 is 2.28 bits per heavy atom. The van der Waals surface area contributed by atoms with Crippen LogP contribution in [0.4, 0.5) is 5.69 Å². The van der Waals surface area contributed by atoms with Crippen molar-refractivity contribution in [3.8, 4) is 5.75 Å². The van der Waals surface area contributed by atoms with Gasteiger partial charge in [-0.2, -0.15) is 5.10 Å². The molecule has 92 valence electrons. The summed E-state index contributed by atoms with van der Waals surface area (Å²) in [5.74, 6) is 0.637. The number of anilines is 1. The molecule has 0 radical (unpaired) electrons. The lowest BCUT2D eigenvalue weighted by atomic mass is 10.3. The molecular weight excluding hydrogens is 250 g/mol. The first-order valence-electron chi connectivity index (χ1n) is 5.32. The number of benzene rings is 1.